The molecule has 1 atom stereocenters. The molecule has 4 aliphatic heterocycles. The van der Waals surface area contributed by atoms with Gasteiger partial charge in [-0.2, -0.15) is 13.2 Å². The average Bonchev–Trinajstić information content (AvgIpc) is 3.40. The number of piperazine rings is 1. The number of alkyl halides is 3. The molecule has 4 aliphatic rings. The van der Waals surface area contributed by atoms with Gasteiger partial charge in [0.25, 0.3) is 5.91 Å². The largest absolute Gasteiger partial charge is 0.466 e. The number of ether oxygens (including phenoxy) is 2. The molecule has 18 heteroatoms. The monoisotopic (exact) mass is 862 g/mol. The van der Waals surface area contributed by atoms with E-state index in [2.05, 4.69) is 15.1 Å². The third-order valence-corrected chi connectivity index (χ3v) is 12.4. The lowest BCUT2D eigenvalue weighted by Crippen LogP contribution is -2.56. The quantitative estimate of drug-likeness (QED) is 0.160. The molecule has 0 bridgehead atoms. The Kier molecular flexibility index (Phi) is 15.4. The summed E-state index contributed by atoms with van der Waals surface area (Å²) < 4.78 is 53.0. The average molecular weight is 863 g/mol. The number of anilines is 2. The second-order valence-electron chi connectivity index (χ2n) is 16.4. The van der Waals surface area contributed by atoms with Gasteiger partial charge in [0.2, 0.25) is 0 Å². The van der Waals surface area contributed by atoms with E-state index in [1.165, 1.54) is 11.0 Å². The number of rotatable bonds is 13. The third kappa shape index (κ3) is 11.9. The Balaban J connectivity index is 1.03. The van der Waals surface area contributed by atoms with Crippen molar-refractivity contribution < 1.29 is 41.8 Å². The van der Waals surface area contributed by atoms with Crippen LogP contribution < -0.4 is 11.1 Å². The van der Waals surface area contributed by atoms with Gasteiger partial charge in [-0.25, -0.2) is 9.59 Å². The number of amides is 4. The second-order valence-corrected chi connectivity index (χ2v) is 16.8. The Morgan fingerprint density at radius 1 is 0.933 bits per heavy atom. The van der Waals surface area contributed by atoms with Gasteiger partial charge in [0, 0.05) is 83.1 Å². The van der Waals surface area contributed by atoms with Crippen LogP contribution in [-0.4, -0.2) is 164 Å². The van der Waals surface area contributed by atoms with Crippen molar-refractivity contribution in [3.05, 3.63) is 58.1 Å². The predicted octanol–water partition coefficient (Wildman–Crippen LogP) is 5.04. The molecule has 330 valence electrons. The summed E-state index contributed by atoms with van der Waals surface area (Å²) in [6, 6.07) is 9.79. The normalized spacial score (nSPS) is 19.4. The van der Waals surface area contributed by atoms with E-state index in [-0.39, 0.29) is 48.1 Å². The van der Waals surface area contributed by atoms with E-state index in [1.807, 2.05) is 43.3 Å². The Labute approximate surface area is 355 Å². The lowest BCUT2D eigenvalue weighted by Gasteiger charge is -2.43. The zero-order valence-electron chi connectivity index (χ0n) is 34.6. The number of nitrogens with zero attached hydrogens (tertiary/aromatic N) is 6. The van der Waals surface area contributed by atoms with Crippen LogP contribution in [0.3, 0.4) is 0 Å². The fraction of sp³-hybridized carbons (Fsp3) is 0.619. The number of piperidine rings is 2. The van der Waals surface area contributed by atoms with Crippen LogP contribution in [0.1, 0.15) is 55.2 Å². The molecule has 4 amide bonds. The van der Waals surface area contributed by atoms with Crippen LogP contribution in [0.4, 0.5) is 34.1 Å². The van der Waals surface area contributed by atoms with Crippen LogP contribution in [0, 0.1) is 0 Å². The lowest BCUT2D eigenvalue weighted by molar-refractivity contribution is -0.145. The minimum Gasteiger partial charge on any atom is -0.466 e. The van der Waals surface area contributed by atoms with Gasteiger partial charge in [-0.15, -0.1) is 0 Å². The molecule has 3 N–H and O–H groups in total. The molecule has 3 saturated heterocycles. The van der Waals surface area contributed by atoms with Crippen molar-refractivity contribution in [2.24, 2.45) is 0 Å². The van der Waals surface area contributed by atoms with Crippen molar-refractivity contribution >= 4 is 47.0 Å². The number of hydrogen-bond donors (Lipinski definition) is 2. The summed E-state index contributed by atoms with van der Waals surface area (Å²) in [5, 5.41) is 2.68. The summed E-state index contributed by atoms with van der Waals surface area (Å²) in [5.74, 6) is -0.681. The molecule has 2 aromatic rings. The molecule has 14 nitrogen and oxygen atoms in total. The first-order chi connectivity index (χ1) is 28.7. The zero-order valence-corrected chi connectivity index (χ0v) is 35.3. The molecule has 0 saturated carbocycles. The Morgan fingerprint density at radius 2 is 1.62 bits per heavy atom. The third-order valence-electron chi connectivity index (χ3n) is 12.1. The number of fused-ring (bicyclic) bond motifs is 1. The molecule has 0 radical (unpaired) electrons. The van der Waals surface area contributed by atoms with Crippen LogP contribution in [0.25, 0.3) is 0 Å². The summed E-state index contributed by atoms with van der Waals surface area (Å²) in [6.07, 6.45) is -2.64. The molecule has 6 rings (SSSR count). The smallest absolute Gasteiger partial charge is 0.418 e. The molecule has 0 spiro atoms. The topological polar surface area (TPSA) is 144 Å². The lowest BCUT2D eigenvalue weighted by atomic mass is 10.0. The number of urea groups is 1. The number of halogens is 4. The molecule has 0 unspecified atom stereocenters. The van der Waals surface area contributed by atoms with E-state index >= 15 is 0 Å². The molecule has 3 fully saturated rings. The van der Waals surface area contributed by atoms with Gasteiger partial charge < -0.3 is 45.0 Å². The van der Waals surface area contributed by atoms with Gasteiger partial charge in [0.1, 0.15) is 0 Å². The molecule has 0 aliphatic carbocycles. The van der Waals surface area contributed by atoms with Gasteiger partial charge in [-0.3, -0.25) is 14.5 Å². The van der Waals surface area contributed by atoms with Crippen LogP contribution >= 0.6 is 11.6 Å². The van der Waals surface area contributed by atoms with Crippen molar-refractivity contribution in [1.82, 2.24) is 29.4 Å². The number of nitrogens with one attached hydrogen (secondary N) is 1. The van der Waals surface area contributed by atoms with Crippen molar-refractivity contribution in [3.63, 3.8) is 0 Å². The first kappa shape index (κ1) is 45.2. The van der Waals surface area contributed by atoms with E-state index in [0.717, 1.165) is 56.2 Å². The fourth-order valence-corrected chi connectivity index (χ4v) is 8.86. The number of para-hydroxylation sites is 1. The molecular formula is C42H58ClF3N8O6. The highest BCUT2D eigenvalue weighted by Gasteiger charge is 2.38. The van der Waals surface area contributed by atoms with E-state index in [9.17, 15) is 32.3 Å². The van der Waals surface area contributed by atoms with Gasteiger partial charge in [-0.05, 0) is 95.0 Å². The first-order valence-electron chi connectivity index (χ1n) is 21.0. The number of carbonyl (C=O) groups is 4. The number of likely N-dealkylation sites (tertiary alicyclic amines) is 2. The van der Waals surface area contributed by atoms with Crippen LogP contribution in [0.5, 0.6) is 0 Å². The maximum atomic E-state index is 14.2. The summed E-state index contributed by atoms with van der Waals surface area (Å²) in [6.45, 7) is 6.58. The fourth-order valence-electron chi connectivity index (χ4n) is 8.62. The molecule has 4 heterocycles. The molecule has 0 aromatic heterocycles. The van der Waals surface area contributed by atoms with Crippen LogP contribution in [0.15, 0.2) is 36.4 Å². The highest BCUT2D eigenvalue weighted by Crippen LogP contribution is 2.38. The molecule has 60 heavy (non-hydrogen) atoms. The highest BCUT2D eigenvalue weighted by atomic mass is 35.5. The Hall–Kier alpha value is -4.32. The van der Waals surface area contributed by atoms with Gasteiger partial charge in [-0.1, -0.05) is 29.8 Å². The highest BCUT2D eigenvalue weighted by molar-refractivity contribution is 6.33. The summed E-state index contributed by atoms with van der Waals surface area (Å²) in [7, 11) is 3.96. The molecule has 2 aromatic carbocycles. The van der Waals surface area contributed by atoms with Crippen molar-refractivity contribution in [2.45, 2.75) is 75.7 Å². The van der Waals surface area contributed by atoms with Crippen LogP contribution in [-0.2, 0) is 38.1 Å². The summed E-state index contributed by atoms with van der Waals surface area (Å²) in [5.41, 5.74) is 5.84. The van der Waals surface area contributed by atoms with E-state index in [0.29, 0.717) is 77.6 Å². The minimum absolute atomic E-state index is 0.0579. The van der Waals surface area contributed by atoms with E-state index in [4.69, 9.17) is 26.8 Å². The standard InChI is InChI=1S/C42H58ClF3N8O6/c1-49(2)14-5-25-59-37(55)13-17-50-15-9-31(10-16-50)51-21-23-52(24-22-51)39(56)36(28-29-26-33(42(44,45)46)38(47)34(43)27-29)60-41(58)53-18-11-32(12-19-53)54-20-8-30-6-3-4-7-35(30)48-40(54)57/h3-4,6-7,26-27,31-32,36H,5,8-25,28,47H2,1-2H3,(H,48,57)/t36-/m1/s1. The zero-order chi connectivity index (χ0) is 43.0. The summed E-state index contributed by atoms with van der Waals surface area (Å²) >= 11 is 6.15. The Bertz CT molecular complexity index is 1810. The number of carbonyl (C=O) groups excluding carboxylic acids is 4. The van der Waals surface area contributed by atoms with Gasteiger partial charge in [0.15, 0.2) is 6.10 Å². The first-order valence-corrected chi connectivity index (χ1v) is 21.4. The van der Waals surface area contributed by atoms with Gasteiger partial charge in [0.05, 0.1) is 29.3 Å². The van der Waals surface area contributed by atoms with Crippen molar-refractivity contribution in [3.8, 4) is 0 Å². The predicted molar refractivity (Wildman–Crippen MR) is 222 cm³/mol. The molecular weight excluding hydrogens is 805 g/mol. The van der Waals surface area contributed by atoms with E-state index in [1.54, 1.807) is 9.80 Å². The summed E-state index contributed by atoms with van der Waals surface area (Å²) in [4.78, 5) is 64.8. The number of benzene rings is 2. The maximum absolute atomic E-state index is 14.2. The van der Waals surface area contributed by atoms with Gasteiger partial charge >= 0.3 is 24.3 Å². The van der Waals surface area contributed by atoms with Crippen LogP contribution in [0.2, 0.25) is 5.02 Å². The van der Waals surface area contributed by atoms with Crippen molar-refractivity contribution in [2.75, 3.05) is 104 Å². The Morgan fingerprint density at radius 3 is 2.30 bits per heavy atom. The maximum Gasteiger partial charge on any atom is 0.418 e. The minimum atomic E-state index is -4.79. The SMILES string of the molecule is CN(C)CCCOC(=O)CCN1CCC(N2CCN(C(=O)[C@@H](Cc3cc(Cl)c(N)c(C(F)(F)F)c3)OC(=O)N3CCC(N4CCc5ccccc5NC4=O)CC3)CC2)CC1. The number of hydrogen-bond acceptors (Lipinski definition) is 10. The number of nitrogens with two attached hydrogens (primary N) is 1. The van der Waals surface area contributed by atoms with Crippen molar-refractivity contribution in [1.29, 1.82) is 0 Å². The number of esters is 1. The second kappa shape index (κ2) is 20.5. The number of nitrogen functional groups attached to an aromatic ring is 1. The van der Waals surface area contributed by atoms with E-state index < -0.39 is 35.5 Å².